The lowest BCUT2D eigenvalue weighted by Gasteiger charge is -2.11. The zero-order chi connectivity index (χ0) is 14.3. The van der Waals surface area contributed by atoms with Crippen LogP contribution in [0.15, 0.2) is 6.33 Å². The molecule has 8 heteroatoms. The first-order valence-corrected chi connectivity index (χ1v) is 7.10. The number of nitrogens with one attached hydrogen (secondary N) is 1. The second-order valence-corrected chi connectivity index (χ2v) is 5.34. The van der Waals surface area contributed by atoms with Gasteiger partial charge in [-0.15, -0.1) is 0 Å². The maximum absolute atomic E-state index is 10.8. The minimum atomic E-state index is -1.02. The summed E-state index contributed by atoms with van der Waals surface area (Å²) in [6.07, 6.45) is 2.32. The molecule has 106 valence electrons. The molecule has 0 saturated heterocycles. The van der Waals surface area contributed by atoms with Crippen molar-refractivity contribution in [3.63, 3.8) is 0 Å². The first-order valence-electron chi connectivity index (χ1n) is 5.95. The van der Waals surface area contributed by atoms with Crippen LogP contribution in [0.2, 0.25) is 0 Å². The summed E-state index contributed by atoms with van der Waals surface area (Å²) in [6, 6.07) is -0.574. The predicted octanol–water partition coefficient (Wildman–Crippen LogP) is 0.681. The van der Waals surface area contributed by atoms with E-state index in [0.717, 1.165) is 5.82 Å². The molecule has 1 amide bonds. The van der Waals surface area contributed by atoms with Gasteiger partial charge in [0, 0.05) is 6.04 Å². The summed E-state index contributed by atoms with van der Waals surface area (Å²) < 4.78 is 1.84. The first kappa shape index (κ1) is 15.5. The Morgan fingerprint density at radius 1 is 1.63 bits per heavy atom. The maximum Gasteiger partial charge on any atom is 0.326 e. The van der Waals surface area contributed by atoms with Crippen LogP contribution in [0, 0.1) is 0 Å². The highest BCUT2D eigenvalue weighted by Crippen LogP contribution is 2.14. The zero-order valence-corrected chi connectivity index (χ0v) is 11.8. The number of thioether (sulfide) groups is 1. The van der Waals surface area contributed by atoms with Crippen molar-refractivity contribution in [1.29, 1.82) is 0 Å². The second kappa shape index (κ2) is 7.78. The number of aromatic nitrogens is 3. The molecule has 0 aliphatic heterocycles. The molecule has 19 heavy (non-hydrogen) atoms. The van der Waals surface area contributed by atoms with Crippen LogP contribution in [-0.4, -0.2) is 44.0 Å². The Bertz CT molecular complexity index is 422. The topological polar surface area (TPSA) is 97.1 Å². The van der Waals surface area contributed by atoms with Crippen molar-refractivity contribution in [1.82, 2.24) is 20.1 Å². The molecular weight excluding hydrogens is 268 g/mol. The largest absolute Gasteiger partial charge is 0.480 e. The highest BCUT2D eigenvalue weighted by atomic mass is 32.2. The molecule has 1 heterocycles. The number of carboxylic acids is 1. The van der Waals surface area contributed by atoms with Gasteiger partial charge in [0.05, 0.1) is 5.75 Å². The fourth-order valence-electron chi connectivity index (χ4n) is 1.53. The van der Waals surface area contributed by atoms with Crippen molar-refractivity contribution in [2.45, 2.75) is 38.1 Å². The molecule has 7 nitrogen and oxygen atoms in total. The zero-order valence-electron chi connectivity index (χ0n) is 10.9. The van der Waals surface area contributed by atoms with Gasteiger partial charge in [0.15, 0.2) is 0 Å². The van der Waals surface area contributed by atoms with Gasteiger partial charge in [-0.25, -0.2) is 14.5 Å². The minimum absolute atomic E-state index is 0.251. The quantitative estimate of drug-likeness (QED) is 0.512. The lowest BCUT2D eigenvalue weighted by Crippen LogP contribution is -2.36. The third-order valence-corrected chi connectivity index (χ3v) is 3.47. The summed E-state index contributed by atoms with van der Waals surface area (Å²) in [5.41, 5.74) is 0. The molecular formula is C11H18N4O3S. The number of hydrogen-bond donors (Lipinski definition) is 2. The van der Waals surface area contributed by atoms with Gasteiger partial charge >= 0.3 is 5.97 Å². The van der Waals surface area contributed by atoms with E-state index < -0.39 is 12.0 Å². The Hall–Kier alpha value is -1.57. The summed E-state index contributed by atoms with van der Waals surface area (Å²) >= 11 is 1.57. The van der Waals surface area contributed by atoms with E-state index in [2.05, 4.69) is 15.4 Å². The summed E-state index contributed by atoms with van der Waals surface area (Å²) in [4.78, 5) is 25.2. The van der Waals surface area contributed by atoms with E-state index in [1.807, 2.05) is 18.5 Å². The molecule has 1 rings (SSSR count). The Kier molecular flexibility index (Phi) is 6.34. The average Bonchev–Trinajstić information content (AvgIpc) is 2.81. The molecule has 0 saturated carbocycles. The van der Waals surface area contributed by atoms with E-state index in [1.165, 1.54) is 6.33 Å². The van der Waals surface area contributed by atoms with Crippen molar-refractivity contribution in [3.8, 4) is 0 Å². The fraction of sp³-hybridized carbons (Fsp3) is 0.636. The van der Waals surface area contributed by atoms with Crippen LogP contribution in [0.1, 0.15) is 32.1 Å². The molecule has 1 aromatic rings. The third-order valence-electron chi connectivity index (χ3n) is 2.49. The van der Waals surface area contributed by atoms with Crippen LogP contribution in [0.3, 0.4) is 0 Å². The minimum Gasteiger partial charge on any atom is -0.480 e. The van der Waals surface area contributed by atoms with Crippen molar-refractivity contribution in [2.75, 3.05) is 5.75 Å². The predicted molar refractivity (Wildman–Crippen MR) is 71.8 cm³/mol. The molecule has 0 aliphatic rings. The highest BCUT2D eigenvalue weighted by Gasteiger charge is 2.15. The Balaban J connectivity index is 2.35. The maximum atomic E-state index is 10.8. The van der Waals surface area contributed by atoms with Crippen molar-refractivity contribution in [3.05, 3.63) is 12.2 Å². The monoisotopic (exact) mass is 286 g/mol. The number of carbonyl (C=O) groups is 2. The van der Waals surface area contributed by atoms with Crippen LogP contribution in [0.5, 0.6) is 0 Å². The lowest BCUT2D eigenvalue weighted by molar-refractivity contribution is -0.140. The van der Waals surface area contributed by atoms with Crippen LogP contribution in [0.4, 0.5) is 0 Å². The molecule has 1 aromatic heterocycles. The Morgan fingerprint density at radius 3 is 2.95 bits per heavy atom. The molecule has 0 fully saturated rings. The summed E-state index contributed by atoms with van der Waals surface area (Å²) in [6.45, 7) is 4.05. The van der Waals surface area contributed by atoms with Crippen LogP contribution >= 0.6 is 11.8 Å². The average molecular weight is 286 g/mol. The van der Waals surface area contributed by atoms with Crippen LogP contribution in [-0.2, 0) is 15.3 Å². The van der Waals surface area contributed by atoms with Gasteiger partial charge in [-0.2, -0.15) is 16.9 Å². The van der Waals surface area contributed by atoms with E-state index in [9.17, 15) is 9.59 Å². The third kappa shape index (κ3) is 4.90. The first-order chi connectivity index (χ1) is 9.06. The molecule has 0 radical (unpaired) electrons. The summed E-state index contributed by atoms with van der Waals surface area (Å²) in [5.74, 6) is 1.15. The summed E-state index contributed by atoms with van der Waals surface area (Å²) in [5, 5.41) is 15.3. The van der Waals surface area contributed by atoms with Crippen molar-refractivity contribution < 1.29 is 14.7 Å². The molecule has 0 aromatic carbocycles. The Labute approximate surface area is 115 Å². The van der Waals surface area contributed by atoms with Gasteiger partial charge in [0.1, 0.15) is 18.2 Å². The summed E-state index contributed by atoms with van der Waals surface area (Å²) in [7, 11) is 0. The van der Waals surface area contributed by atoms with Gasteiger partial charge in [-0.05, 0) is 26.0 Å². The van der Waals surface area contributed by atoms with E-state index in [0.29, 0.717) is 24.3 Å². The van der Waals surface area contributed by atoms with E-state index in [4.69, 9.17) is 5.11 Å². The SMILES string of the molecule is CC(C)n1ncnc1CSCCC(NC=O)C(=O)O. The van der Waals surface area contributed by atoms with Gasteiger partial charge in [-0.1, -0.05) is 0 Å². The van der Waals surface area contributed by atoms with E-state index in [-0.39, 0.29) is 6.04 Å². The molecule has 0 spiro atoms. The fourth-order valence-corrected chi connectivity index (χ4v) is 2.47. The number of carboxylic acid groups (broad SMARTS) is 1. The Morgan fingerprint density at radius 2 is 2.37 bits per heavy atom. The van der Waals surface area contributed by atoms with Crippen molar-refractivity contribution in [2.24, 2.45) is 0 Å². The number of rotatable bonds is 9. The number of amides is 1. The normalized spacial score (nSPS) is 12.4. The molecule has 0 bridgehead atoms. The smallest absolute Gasteiger partial charge is 0.326 e. The van der Waals surface area contributed by atoms with Crippen LogP contribution < -0.4 is 5.32 Å². The standard InChI is InChI=1S/C11H18N4O3S/c1-8(2)15-10(12-6-14-15)5-19-4-3-9(11(17)18)13-7-16/h6-9H,3-5H2,1-2H3,(H,13,16)(H,17,18). The van der Waals surface area contributed by atoms with Gasteiger partial charge in [0.25, 0.3) is 0 Å². The number of aliphatic carboxylic acids is 1. The second-order valence-electron chi connectivity index (χ2n) is 4.23. The molecule has 2 N–H and O–H groups in total. The van der Waals surface area contributed by atoms with Gasteiger partial charge < -0.3 is 10.4 Å². The number of nitrogens with zero attached hydrogens (tertiary/aromatic N) is 3. The number of hydrogen-bond acceptors (Lipinski definition) is 5. The van der Waals surface area contributed by atoms with Crippen LogP contribution in [0.25, 0.3) is 0 Å². The van der Waals surface area contributed by atoms with Crippen molar-refractivity contribution >= 4 is 24.1 Å². The molecule has 1 unspecified atom stereocenters. The highest BCUT2D eigenvalue weighted by molar-refractivity contribution is 7.98. The number of carbonyl (C=O) groups excluding carboxylic acids is 1. The molecule has 1 atom stereocenters. The lowest BCUT2D eigenvalue weighted by atomic mass is 10.2. The van der Waals surface area contributed by atoms with E-state index >= 15 is 0 Å². The van der Waals surface area contributed by atoms with Gasteiger partial charge in [-0.3, -0.25) is 4.79 Å². The van der Waals surface area contributed by atoms with E-state index in [1.54, 1.807) is 11.8 Å². The molecule has 0 aliphatic carbocycles. The van der Waals surface area contributed by atoms with Gasteiger partial charge in [0.2, 0.25) is 6.41 Å².